The van der Waals surface area contributed by atoms with Crippen molar-refractivity contribution in [2.24, 2.45) is 0 Å². The summed E-state index contributed by atoms with van der Waals surface area (Å²) in [6, 6.07) is 22.7. The molecule has 0 aliphatic heterocycles. The number of hydrogen-bond donors (Lipinski definition) is 0. The molecule has 2 aromatic carbocycles. The Labute approximate surface area is 177 Å². The minimum atomic E-state index is -0.139. The Kier molecular flexibility index (Phi) is 7.44. The average Bonchev–Trinajstić information content (AvgIpc) is 3.28. The zero-order chi connectivity index (χ0) is 21.3. The number of carbonyl (C=O) groups is 2. The molecule has 3 rings (SSSR count). The van der Waals surface area contributed by atoms with Crippen molar-refractivity contribution in [2.75, 3.05) is 13.1 Å². The minimum absolute atomic E-state index is 0.0287. The van der Waals surface area contributed by atoms with Crippen LogP contribution in [0.15, 0.2) is 83.5 Å². The fourth-order valence-electron chi connectivity index (χ4n) is 3.27. The number of furan rings is 1. The van der Waals surface area contributed by atoms with Crippen LogP contribution < -0.4 is 0 Å². The third kappa shape index (κ3) is 5.83. The van der Waals surface area contributed by atoms with Gasteiger partial charge in [-0.1, -0.05) is 48.5 Å². The summed E-state index contributed by atoms with van der Waals surface area (Å²) in [7, 11) is 0. The summed E-state index contributed by atoms with van der Waals surface area (Å²) in [5, 5.41) is 0. The molecule has 0 bridgehead atoms. The topological polar surface area (TPSA) is 53.8 Å². The summed E-state index contributed by atoms with van der Waals surface area (Å²) < 4.78 is 5.46. The van der Waals surface area contributed by atoms with Crippen LogP contribution in [0.3, 0.4) is 0 Å². The Bertz CT molecular complexity index is 922. The molecule has 0 N–H and O–H groups in total. The van der Waals surface area contributed by atoms with Gasteiger partial charge < -0.3 is 14.2 Å². The lowest BCUT2D eigenvalue weighted by molar-refractivity contribution is -0.133. The molecule has 156 valence electrons. The van der Waals surface area contributed by atoms with Gasteiger partial charge in [-0.15, -0.1) is 0 Å². The SMILES string of the molecule is CC(C)N(CC(=O)N(CCc1ccccc1)Cc1ccco1)C(=O)c1ccccc1. The number of amides is 2. The number of rotatable bonds is 9. The molecule has 0 atom stereocenters. The third-order valence-electron chi connectivity index (χ3n) is 5.00. The second-order valence-electron chi connectivity index (χ2n) is 7.52. The van der Waals surface area contributed by atoms with E-state index in [9.17, 15) is 9.59 Å². The van der Waals surface area contributed by atoms with Gasteiger partial charge in [0.05, 0.1) is 12.8 Å². The molecule has 0 radical (unpaired) electrons. The molecule has 0 unspecified atom stereocenters. The van der Waals surface area contributed by atoms with E-state index >= 15 is 0 Å². The van der Waals surface area contributed by atoms with Crippen molar-refractivity contribution in [1.82, 2.24) is 9.80 Å². The molecule has 3 aromatic rings. The van der Waals surface area contributed by atoms with E-state index in [1.165, 1.54) is 0 Å². The molecule has 0 aliphatic carbocycles. The van der Waals surface area contributed by atoms with Gasteiger partial charge in [0.1, 0.15) is 12.3 Å². The van der Waals surface area contributed by atoms with Crippen molar-refractivity contribution >= 4 is 11.8 Å². The second-order valence-corrected chi connectivity index (χ2v) is 7.52. The van der Waals surface area contributed by atoms with Crippen LogP contribution >= 0.6 is 0 Å². The van der Waals surface area contributed by atoms with Crippen molar-refractivity contribution in [3.63, 3.8) is 0 Å². The fraction of sp³-hybridized carbons (Fsp3) is 0.280. The molecule has 0 spiro atoms. The van der Waals surface area contributed by atoms with Crippen LogP contribution in [0.2, 0.25) is 0 Å². The lowest BCUT2D eigenvalue weighted by atomic mass is 10.1. The number of carbonyl (C=O) groups excluding carboxylic acids is 2. The van der Waals surface area contributed by atoms with E-state index in [0.717, 1.165) is 17.7 Å². The van der Waals surface area contributed by atoms with Gasteiger partial charge in [0.2, 0.25) is 5.91 Å². The van der Waals surface area contributed by atoms with E-state index in [4.69, 9.17) is 4.42 Å². The van der Waals surface area contributed by atoms with Gasteiger partial charge >= 0.3 is 0 Å². The first-order valence-electron chi connectivity index (χ1n) is 10.2. The van der Waals surface area contributed by atoms with Crippen LogP contribution in [0.4, 0.5) is 0 Å². The average molecular weight is 405 g/mol. The Hall–Kier alpha value is -3.34. The Morgan fingerprint density at radius 2 is 1.57 bits per heavy atom. The first-order chi connectivity index (χ1) is 14.5. The Balaban J connectivity index is 1.73. The van der Waals surface area contributed by atoms with Gasteiger partial charge in [-0.3, -0.25) is 9.59 Å². The van der Waals surface area contributed by atoms with Gasteiger partial charge in [0.15, 0.2) is 0 Å². The molecular formula is C25H28N2O3. The molecule has 0 fully saturated rings. The summed E-state index contributed by atoms with van der Waals surface area (Å²) in [6.07, 6.45) is 2.34. The van der Waals surface area contributed by atoms with Crippen LogP contribution in [0.5, 0.6) is 0 Å². The van der Waals surface area contributed by atoms with E-state index in [-0.39, 0.29) is 24.4 Å². The van der Waals surface area contributed by atoms with Crippen LogP contribution in [0, 0.1) is 0 Å². The predicted octanol–water partition coefficient (Wildman–Crippen LogP) is 4.40. The first-order valence-corrected chi connectivity index (χ1v) is 10.2. The predicted molar refractivity (Wildman–Crippen MR) is 117 cm³/mol. The number of hydrogen-bond acceptors (Lipinski definition) is 3. The van der Waals surface area contributed by atoms with Crippen LogP contribution in [-0.2, 0) is 17.8 Å². The zero-order valence-electron chi connectivity index (χ0n) is 17.5. The quantitative estimate of drug-likeness (QED) is 0.531. The highest BCUT2D eigenvalue weighted by atomic mass is 16.3. The van der Waals surface area contributed by atoms with Crippen molar-refractivity contribution < 1.29 is 14.0 Å². The monoisotopic (exact) mass is 404 g/mol. The molecule has 0 aliphatic rings. The highest BCUT2D eigenvalue weighted by Crippen LogP contribution is 2.12. The van der Waals surface area contributed by atoms with E-state index in [0.29, 0.717) is 18.7 Å². The molecule has 1 aromatic heterocycles. The van der Waals surface area contributed by atoms with Gasteiger partial charge in [0, 0.05) is 18.2 Å². The number of benzene rings is 2. The Morgan fingerprint density at radius 3 is 2.17 bits per heavy atom. The maximum Gasteiger partial charge on any atom is 0.254 e. The van der Waals surface area contributed by atoms with Crippen molar-refractivity contribution in [2.45, 2.75) is 32.9 Å². The Morgan fingerprint density at radius 1 is 0.900 bits per heavy atom. The normalized spacial score (nSPS) is 10.8. The van der Waals surface area contributed by atoms with E-state index < -0.39 is 0 Å². The van der Waals surface area contributed by atoms with E-state index in [1.54, 1.807) is 28.2 Å². The molecular weight excluding hydrogens is 376 g/mol. The summed E-state index contributed by atoms with van der Waals surface area (Å²) in [5.41, 5.74) is 1.75. The lowest BCUT2D eigenvalue weighted by Crippen LogP contribution is -2.46. The van der Waals surface area contributed by atoms with Gasteiger partial charge in [-0.25, -0.2) is 0 Å². The van der Waals surface area contributed by atoms with Crippen molar-refractivity contribution in [3.05, 3.63) is 95.9 Å². The van der Waals surface area contributed by atoms with E-state index in [1.807, 2.05) is 62.4 Å². The van der Waals surface area contributed by atoms with Crippen molar-refractivity contribution in [1.29, 1.82) is 0 Å². The standard InChI is InChI=1S/C25H28N2O3/c1-20(2)27(25(29)22-12-7-4-8-13-22)19-24(28)26(18-23-14-9-17-30-23)16-15-21-10-5-3-6-11-21/h3-14,17,20H,15-16,18-19H2,1-2H3. The number of nitrogens with zero attached hydrogens (tertiary/aromatic N) is 2. The smallest absolute Gasteiger partial charge is 0.254 e. The summed E-state index contributed by atoms with van der Waals surface area (Å²) in [5.74, 6) is 0.488. The maximum atomic E-state index is 13.2. The van der Waals surface area contributed by atoms with Crippen LogP contribution in [0.25, 0.3) is 0 Å². The van der Waals surface area contributed by atoms with Crippen LogP contribution in [-0.4, -0.2) is 40.7 Å². The molecule has 5 nitrogen and oxygen atoms in total. The highest BCUT2D eigenvalue weighted by molar-refractivity contribution is 5.96. The zero-order valence-corrected chi connectivity index (χ0v) is 17.5. The minimum Gasteiger partial charge on any atom is -0.467 e. The molecule has 2 amide bonds. The van der Waals surface area contributed by atoms with Crippen LogP contribution in [0.1, 0.15) is 35.5 Å². The molecule has 0 saturated heterocycles. The highest BCUT2D eigenvalue weighted by Gasteiger charge is 2.24. The van der Waals surface area contributed by atoms with Gasteiger partial charge in [-0.05, 0) is 50.1 Å². The van der Waals surface area contributed by atoms with Gasteiger partial charge in [-0.2, -0.15) is 0 Å². The molecule has 30 heavy (non-hydrogen) atoms. The fourth-order valence-corrected chi connectivity index (χ4v) is 3.27. The summed E-state index contributed by atoms with van der Waals surface area (Å²) in [4.78, 5) is 29.6. The first kappa shape index (κ1) is 21.4. The second kappa shape index (κ2) is 10.4. The van der Waals surface area contributed by atoms with Crippen molar-refractivity contribution in [3.8, 4) is 0 Å². The molecule has 1 heterocycles. The summed E-state index contributed by atoms with van der Waals surface area (Å²) in [6.45, 7) is 4.81. The van der Waals surface area contributed by atoms with Gasteiger partial charge in [0.25, 0.3) is 5.91 Å². The molecule has 5 heteroatoms. The lowest BCUT2D eigenvalue weighted by Gasteiger charge is -2.30. The third-order valence-corrected chi connectivity index (χ3v) is 5.00. The maximum absolute atomic E-state index is 13.2. The van der Waals surface area contributed by atoms with E-state index in [2.05, 4.69) is 12.1 Å². The largest absolute Gasteiger partial charge is 0.467 e. The molecule has 0 saturated carbocycles. The summed E-state index contributed by atoms with van der Waals surface area (Å²) >= 11 is 0.